The molecule has 0 nitrogen and oxygen atoms in total. The molecule has 0 aromatic heterocycles. The van der Waals surface area contributed by atoms with Crippen LogP contribution >= 0.6 is 33.2 Å². The van der Waals surface area contributed by atoms with Crippen LogP contribution in [-0.2, 0) is 0 Å². The van der Waals surface area contributed by atoms with E-state index in [0.717, 1.165) is 0 Å². The molecule has 0 spiro atoms. The predicted molar refractivity (Wildman–Crippen MR) is 67.6 cm³/mol. The van der Waals surface area contributed by atoms with E-state index >= 15 is 0 Å². The molecular weight excluding hydrogens is 259 g/mol. The lowest BCUT2D eigenvalue weighted by Gasteiger charge is -2.41. The highest BCUT2D eigenvalue weighted by atomic mass is 35.8. The molecule has 0 fully saturated rings. The van der Waals surface area contributed by atoms with Crippen molar-refractivity contribution >= 4 is 47.3 Å². The summed E-state index contributed by atoms with van der Waals surface area (Å²) in [5.41, 5.74) is 0. The third kappa shape index (κ3) is 1.93. The van der Waals surface area contributed by atoms with Crippen LogP contribution in [0.1, 0.15) is 0 Å². The molecule has 0 unspecified atom stereocenters. The molecule has 0 aromatic carbocycles. The lowest BCUT2D eigenvalue weighted by atomic mass is 10.4. The molecule has 0 N–H and O–H groups in total. The van der Waals surface area contributed by atoms with E-state index < -0.39 is 14.1 Å². The second-order valence-electron chi connectivity index (χ2n) is 4.34. The molecule has 5 heteroatoms. The van der Waals surface area contributed by atoms with Crippen LogP contribution in [0.5, 0.6) is 0 Å². The third-order valence-electron chi connectivity index (χ3n) is 2.54. The van der Waals surface area contributed by atoms with Crippen molar-refractivity contribution in [2.24, 2.45) is 0 Å². The number of halogens is 3. The zero-order valence-electron chi connectivity index (χ0n) is 7.94. The summed E-state index contributed by atoms with van der Waals surface area (Å²) in [4.78, 5) is 0. The minimum absolute atomic E-state index is 0.218. The molecule has 1 aliphatic rings. The first-order valence-electron chi connectivity index (χ1n) is 4.14. The lowest BCUT2D eigenvalue weighted by molar-refractivity contribution is 1.16. The summed E-state index contributed by atoms with van der Waals surface area (Å²) in [5, 5.41) is 0. The van der Waals surface area contributed by atoms with Gasteiger partial charge in [-0.3, -0.25) is 0 Å². The van der Waals surface area contributed by atoms with Crippen molar-refractivity contribution in [3.8, 4) is 0 Å². The van der Waals surface area contributed by atoms with Crippen LogP contribution in [0.15, 0.2) is 24.3 Å². The average molecular weight is 272 g/mol. The summed E-state index contributed by atoms with van der Waals surface area (Å²) in [7, 11) is -1.52. The molecule has 1 aliphatic carbocycles. The smallest absolute Gasteiger partial charge is 0.125 e. The van der Waals surface area contributed by atoms with Crippen molar-refractivity contribution in [2.45, 2.75) is 24.3 Å². The number of hydrogen-bond acceptors (Lipinski definition) is 0. The van der Waals surface area contributed by atoms with Gasteiger partial charge in [-0.1, -0.05) is 43.9 Å². The maximum Gasteiger partial charge on any atom is 0.351 e. The molecule has 13 heavy (non-hydrogen) atoms. The van der Waals surface area contributed by atoms with Crippen LogP contribution in [-0.4, -0.2) is 14.1 Å². The Balaban J connectivity index is 3.19. The molecule has 0 amide bonds. The Kier molecular flexibility index (Phi) is 3.12. The molecule has 0 saturated carbocycles. The fraction of sp³-hybridized carbons (Fsp3) is 0.500. The highest BCUT2D eigenvalue weighted by molar-refractivity contribution is 7.67. The monoisotopic (exact) mass is 270 g/mol. The molecule has 1 rings (SSSR count). The summed E-state index contributed by atoms with van der Waals surface area (Å²) in [6.07, 6.45) is 8.15. The first-order valence-corrected chi connectivity index (χ1v) is 12.7. The molecular formula is C8H13Cl3Si2. The summed E-state index contributed by atoms with van der Waals surface area (Å²) >= 11 is 18.5. The molecule has 0 bridgehead atoms. The van der Waals surface area contributed by atoms with Gasteiger partial charge < -0.3 is 0 Å². The standard InChI is InChI=1S/C8H13Cl3Si2/c1-12(2,3)8(13(9,10)11)6-4-5-7-8/h4-7H,1-3H3. The van der Waals surface area contributed by atoms with Gasteiger partial charge in [0.1, 0.15) is 0 Å². The molecule has 0 radical (unpaired) electrons. The van der Waals surface area contributed by atoms with E-state index in [9.17, 15) is 0 Å². The maximum atomic E-state index is 6.18. The van der Waals surface area contributed by atoms with Crippen molar-refractivity contribution in [2.75, 3.05) is 0 Å². The van der Waals surface area contributed by atoms with E-state index in [1.165, 1.54) is 0 Å². The van der Waals surface area contributed by atoms with Crippen molar-refractivity contribution in [3.63, 3.8) is 0 Å². The van der Waals surface area contributed by atoms with Gasteiger partial charge in [0, 0.05) is 4.66 Å². The van der Waals surface area contributed by atoms with Crippen molar-refractivity contribution in [1.82, 2.24) is 0 Å². The minimum Gasteiger partial charge on any atom is -0.125 e. The van der Waals surface area contributed by atoms with Crippen LogP contribution in [0.3, 0.4) is 0 Å². The molecule has 74 valence electrons. The quantitative estimate of drug-likeness (QED) is 0.516. The van der Waals surface area contributed by atoms with Gasteiger partial charge in [0.25, 0.3) is 0 Å². The van der Waals surface area contributed by atoms with Gasteiger partial charge in [0.2, 0.25) is 0 Å². The summed E-state index contributed by atoms with van der Waals surface area (Å²) in [6, 6.07) is -2.71. The van der Waals surface area contributed by atoms with Gasteiger partial charge in [-0.15, -0.1) is 33.2 Å². The van der Waals surface area contributed by atoms with Crippen molar-refractivity contribution < 1.29 is 0 Å². The Morgan fingerprint density at radius 3 is 1.46 bits per heavy atom. The summed E-state index contributed by atoms with van der Waals surface area (Å²) < 4.78 is -0.218. The number of allylic oxidation sites excluding steroid dienone is 4. The number of hydrogen-bond donors (Lipinski definition) is 0. The highest BCUT2D eigenvalue weighted by Gasteiger charge is 2.56. The van der Waals surface area contributed by atoms with Crippen molar-refractivity contribution in [1.29, 1.82) is 0 Å². The summed E-state index contributed by atoms with van der Waals surface area (Å²) in [5.74, 6) is 0. The topological polar surface area (TPSA) is 0 Å². The minimum atomic E-state index is -2.71. The largest absolute Gasteiger partial charge is 0.351 e. The molecule has 0 saturated heterocycles. The van der Waals surface area contributed by atoms with E-state index in [2.05, 4.69) is 31.8 Å². The highest BCUT2D eigenvalue weighted by Crippen LogP contribution is 2.56. The molecule has 0 atom stereocenters. The van der Waals surface area contributed by atoms with E-state index in [0.29, 0.717) is 0 Å². The summed E-state index contributed by atoms with van der Waals surface area (Å²) in [6.45, 7) is 6.71. The van der Waals surface area contributed by atoms with Gasteiger partial charge in [0.15, 0.2) is 0 Å². The normalized spacial score (nSPS) is 21.1. The fourth-order valence-electron chi connectivity index (χ4n) is 1.58. The Hall–Kier alpha value is 0.784. The van der Waals surface area contributed by atoms with Gasteiger partial charge in [0.05, 0.1) is 8.07 Å². The van der Waals surface area contributed by atoms with Gasteiger partial charge in [-0.05, 0) is 0 Å². The Morgan fingerprint density at radius 1 is 0.923 bits per heavy atom. The SMILES string of the molecule is C[Si](C)(C)C1([Si](Cl)(Cl)Cl)C=CC=C1. The second kappa shape index (κ2) is 3.42. The van der Waals surface area contributed by atoms with Crippen LogP contribution in [0.25, 0.3) is 0 Å². The van der Waals surface area contributed by atoms with Gasteiger partial charge >= 0.3 is 6.00 Å². The van der Waals surface area contributed by atoms with Gasteiger partial charge in [-0.2, -0.15) is 0 Å². The third-order valence-corrected chi connectivity index (χ3v) is 14.2. The zero-order valence-corrected chi connectivity index (χ0v) is 12.2. The van der Waals surface area contributed by atoms with E-state index in [-0.39, 0.29) is 4.66 Å². The zero-order chi connectivity index (χ0) is 10.3. The van der Waals surface area contributed by atoms with Crippen LogP contribution in [0, 0.1) is 0 Å². The Labute approximate surface area is 95.7 Å². The fourth-order valence-corrected chi connectivity index (χ4v) is 15.5. The van der Waals surface area contributed by atoms with Crippen LogP contribution < -0.4 is 0 Å². The molecule has 0 aliphatic heterocycles. The first-order chi connectivity index (χ1) is 5.71. The molecule has 0 aromatic rings. The van der Waals surface area contributed by atoms with Crippen LogP contribution in [0.2, 0.25) is 24.3 Å². The van der Waals surface area contributed by atoms with Gasteiger partial charge in [-0.25, -0.2) is 0 Å². The number of rotatable bonds is 2. The molecule has 0 heterocycles. The lowest BCUT2D eigenvalue weighted by Crippen LogP contribution is -2.48. The first kappa shape index (κ1) is 11.9. The van der Waals surface area contributed by atoms with Crippen LogP contribution in [0.4, 0.5) is 0 Å². The average Bonchev–Trinajstić information content (AvgIpc) is 2.28. The Morgan fingerprint density at radius 2 is 1.31 bits per heavy atom. The van der Waals surface area contributed by atoms with E-state index in [4.69, 9.17) is 33.2 Å². The van der Waals surface area contributed by atoms with E-state index in [1.54, 1.807) is 0 Å². The van der Waals surface area contributed by atoms with Crippen molar-refractivity contribution in [3.05, 3.63) is 24.3 Å². The maximum absolute atomic E-state index is 6.18. The van der Waals surface area contributed by atoms with E-state index in [1.807, 2.05) is 12.2 Å². The second-order valence-corrected chi connectivity index (χ2v) is 18.8. The Bertz CT molecular complexity index is 230. The predicted octanol–water partition coefficient (Wildman–Crippen LogP) is 4.39.